The van der Waals surface area contributed by atoms with Crippen LogP contribution in [0.5, 0.6) is 0 Å². The SMILES string of the molecule is CC(CS(C)=O)NCCc1ccsc1. The van der Waals surface area contributed by atoms with Gasteiger partial charge in [0.25, 0.3) is 0 Å². The maximum Gasteiger partial charge on any atom is 0.0383 e. The lowest BCUT2D eigenvalue weighted by atomic mass is 10.2. The minimum atomic E-state index is -0.696. The number of nitrogens with one attached hydrogen (secondary N) is 1. The van der Waals surface area contributed by atoms with Gasteiger partial charge in [-0.3, -0.25) is 4.21 Å². The molecular weight excluding hydrogens is 214 g/mol. The van der Waals surface area contributed by atoms with Crippen LogP contribution >= 0.6 is 11.3 Å². The Balaban J connectivity index is 2.12. The van der Waals surface area contributed by atoms with Crippen molar-refractivity contribution in [2.45, 2.75) is 19.4 Å². The Kier molecular flexibility index (Phi) is 5.37. The minimum Gasteiger partial charge on any atom is -0.313 e. The van der Waals surface area contributed by atoms with Crippen molar-refractivity contribution in [1.29, 1.82) is 0 Å². The minimum absolute atomic E-state index is 0.347. The Morgan fingerprint density at radius 3 is 3.00 bits per heavy atom. The lowest BCUT2D eigenvalue weighted by Crippen LogP contribution is -2.32. The van der Waals surface area contributed by atoms with Gasteiger partial charge in [0.1, 0.15) is 0 Å². The molecule has 80 valence electrons. The molecule has 1 aromatic heterocycles. The van der Waals surface area contributed by atoms with Crippen LogP contribution in [0.3, 0.4) is 0 Å². The smallest absolute Gasteiger partial charge is 0.0383 e. The molecular formula is C10H17NOS2. The van der Waals surface area contributed by atoms with Crippen LogP contribution < -0.4 is 5.32 Å². The average Bonchev–Trinajstić information content (AvgIpc) is 2.55. The largest absolute Gasteiger partial charge is 0.313 e. The van der Waals surface area contributed by atoms with Crippen molar-refractivity contribution < 1.29 is 4.21 Å². The van der Waals surface area contributed by atoms with Crippen LogP contribution in [0.1, 0.15) is 12.5 Å². The molecule has 0 bridgehead atoms. The second-order valence-corrected chi connectivity index (χ2v) is 5.74. The van der Waals surface area contributed by atoms with Gasteiger partial charge in [-0.05, 0) is 42.3 Å². The molecule has 0 aliphatic rings. The second kappa shape index (κ2) is 6.32. The first-order valence-corrected chi connectivity index (χ1v) is 7.40. The molecule has 0 amide bonds. The van der Waals surface area contributed by atoms with Crippen LogP contribution in [0.2, 0.25) is 0 Å². The quantitative estimate of drug-likeness (QED) is 0.806. The van der Waals surface area contributed by atoms with E-state index in [-0.39, 0.29) is 0 Å². The third-order valence-electron chi connectivity index (χ3n) is 1.97. The number of rotatable bonds is 6. The predicted octanol–water partition coefficient (Wildman–Crippen LogP) is 1.65. The third-order valence-corrected chi connectivity index (χ3v) is 3.67. The molecule has 0 fully saturated rings. The number of hydrogen-bond donors (Lipinski definition) is 1. The van der Waals surface area contributed by atoms with Gasteiger partial charge < -0.3 is 5.32 Å². The fourth-order valence-electron chi connectivity index (χ4n) is 1.31. The Morgan fingerprint density at radius 1 is 1.64 bits per heavy atom. The zero-order chi connectivity index (χ0) is 10.4. The van der Waals surface area contributed by atoms with Crippen LogP contribution in [0.4, 0.5) is 0 Å². The molecule has 2 atom stereocenters. The number of hydrogen-bond acceptors (Lipinski definition) is 3. The molecule has 4 heteroatoms. The summed E-state index contributed by atoms with van der Waals surface area (Å²) in [6.45, 7) is 3.05. The number of thiophene rings is 1. The van der Waals surface area contributed by atoms with E-state index < -0.39 is 10.8 Å². The van der Waals surface area contributed by atoms with E-state index in [1.54, 1.807) is 17.6 Å². The lowest BCUT2D eigenvalue weighted by Gasteiger charge is -2.11. The van der Waals surface area contributed by atoms with Crippen molar-refractivity contribution in [1.82, 2.24) is 5.32 Å². The van der Waals surface area contributed by atoms with E-state index in [9.17, 15) is 4.21 Å². The standard InChI is InChI=1S/C10H17NOS2/c1-9(8-14(2)12)11-5-3-10-4-6-13-7-10/h4,6-7,9,11H,3,5,8H2,1-2H3. The Labute approximate surface area is 92.2 Å². The first-order chi connectivity index (χ1) is 6.68. The third kappa shape index (κ3) is 4.88. The van der Waals surface area contributed by atoms with Crippen LogP contribution in [-0.4, -0.2) is 28.8 Å². The van der Waals surface area contributed by atoms with Gasteiger partial charge in [-0.1, -0.05) is 0 Å². The highest BCUT2D eigenvalue weighted by atomic mass is 32.2. The topological polar surface area (TPSA) is 29.1 Å². The molecule has 0 spiro atoms. The van der Waals surface area contributed by atoms with Gasteiger partial charge in [0.2, 0.25) is 0 Å². The fraction of sp³-hybridized carbons (Fsp3) is 0.600. The van der Waals surface area contributed by atoms with Crippen LogP contribution in [0.25, 0.3) is 0 Å². The van der Waals surface area contributed by atoms with E-state index in [0.29, 0.717) is 6.04 Å². The summed E-state index contributed by atoms with van der Waals surface area (Å²) in [6, 6.07) is 2.49. The van der Waals surface area contributed by atoms with Gasteiger partial charge in [-0.2, -0.15) is 11.3 Å². The van der Waals surface area contributed by atoms with E-state index in [2.05, 4.69) is 29.1 Å². The molecule has 1 aromatic rings. The first-order valence-electron chi connectivity index (χ1n) is 4.73. The average molecular weight is 231 g/mol. The lowest BCUT2D eigenvalue weighted by molar-refractivity contribution is 0.589. The summed E-state index contributed by atoms with van der Waals surface area (Å²) in [5.74, 6) is 0.740. The summed E-state index contributed by atoms with van der Waals surface area (Å²) < 4.78 is 10.9. The molecule has 1 heterocycles. The van der Waals surface area contributed by atoms with Crippen molar-refractivity contribution in [3.63, 3.8) is 0 Å². The van der Waals surface area contributed by atoms with Crippen molar-refractivity contribution in [2.24, 2.45) is 0 Å². The molecule has 0 radical (unpaired) electrons. The highest BCUT2D eigenvalue weighted by molar-refractivity contribution is 7.84. The molecule has 14 heavy (non-hydrogen) atoms. The molecule has 0 saturated heterocycles. The van der Waals surface area contributed by atoms with Gasteiger partial charge in [-0.15, -0.1) is 0 Å². The zero-order valence-corrected chi connectivity index (χ0v) is 10.3. The summed E-state index contributed by atoms with van der Waals surface area (Å²) in [4.78, 5) is 0. The second-order valence-electron chi connectivity index (χ2n) is 3.48. The Morgan fingerprint density at radius 2 is 2.43 bits per heavy atom. The van der Waals surface area contributed by atoms with Crippen LogP contribution in [0.15, 0.2) is 16.8 Å². The van der Waals surface area contributed by atoms with Crippen LogP contribution in [-0.2, 0) is 17.2 Å². The fourth-order valence-corrected chi connectivity index (χ4v) is 2.83. The molecule has 0 aliphatic heterocycles. The summed E-state index contributed by atoms with van der Waals surface area (Å²) in [6.07, 6.45) is 2.81. The molecule has 1 N–H and O–H groups in total. The summed E-state index contributed by atoms with van der Waals surface area (Å²) in [5.41, 5.74) is 1.38. The molecule has 2 nitrogen and oxygen atoms in total. The Bertz CT molecular complexity index is 272. The maximum atomic E-state index is 10.9. The van der Waals surface area contributed by atoms with Crippen molar-refractivity contribution in [2.75, 3.05) is 18.6 Å². The summed E-state index contributed by atoms with van der Waals surface area (Å²) in [7, 11) is -0.696. The summed E-state index contributed by atoms with van der Waals surface area (Å²) in [5, 5.41) is 7.63. The van der Waals surface area contributed by atoms with Crippen molar-refractivity contribution in [3.8, 4) is 0 Å². The normalized spacial score (nSPS) is 15.3. The molecule has 0 aromatic carbocycles. The first kappa shape index (κ1) is 11.9. The molecule has 0 saturated carbocycles. The van der Waals surface area contributed by atoms with Crippen LogP contribution in [0, 0.1) is 0 Å². The van der Waals surface area contributed by atoms with E-state index in [1.807, 2.05) is 0 Å². The Hall–Kier alpha value is -0.190. The van der Waals surface area contributed by atoms with E-state index in [4.69, 9.17) is 0 Å². The van der Waals surface area contributed by atoms with Crippen molar-refractivity contribution >= 4 is 22.1 Å². The van der Waals surface area contributed by atoms with Gasteiger partial charge in [0, 0.05) is 28.9 Å². The van der Waals surface area contributed by atoms with E-state index >= 15 is 0 Å². The highest BCUT2D eigenvalue weighted by Gasteiger charge is 2.02. The summed E-state index contributed by atoms with van der Waals surface area (Å²) >= 11 is 1.73. The molecule has 0 aliphatic carbocycles. The molecule has 2 unspecified atom stereocenters. The zero-order valence-electron chi connectivity index (χ0n) is 8.66. The van der Waals surface area contributed by atoms with Gasteiger partial charge >= 0.3 is 0 Å². The van der Waals surface area contributed by atoms with Gasteiger partial charge in [0.15, 0.2) is 0 Å². The monoisotopic (exact) mass is 231 g/mol. The van der Waals surface area contributed by atoms with E-state index in [1.165, 1.54) is 5.56 Å². The van der Waals surface area contributed by atoms with Crippen molar-refractivity contribution in [3.05, 3.63) is 22.4 Å². The highest BCUT2D eigenvalue weighted by Crippen LogP contribution is 2.05. The maximum absolute atomic E-state index is 10.9. The molecule has 1 rings (SSSR count). The predicted molar refractivity (Wildman–Crippen MR) is 64.4 cm³/mol. The van der Waals surface area contributed by atoms with E-state index in [0.717, 1.165) is 18.7 Å². The van der Waals surface area contributed by atoms with Gasteiger partial charge in [-0.25, -0.2) is 0 Å². The van der Waals surface area contributed by atoms with Gasteiger partial charge in [0.05, 0.1) is 0 Å².